The Morgan fingerprint density at radius 1 is 0.957 bits per heavy atom. The van der Waals surface area contributed by atoms with E-state index in [2.05, 4.69) is 6.07 Å². The van der Waals surface area contributed by atoms with Gasteiger partial charge in [0.05, 0.1) is 11.6 Å². The second-order valence-corrected chi connectivity index (χ2v) is 5.76. The summed E-state index contributed by atoms with van der Waals surface area (Å²) in [5.41, 5.74) is 2.19. The van der Waals surface area contributed by atoms with Gasteiger partial charge in [0.1, 0.15) is 11.5 Å². The first-order chi connectivity index (χ1) is 11.2. The molecule has 3 rings (SSSR count). The van der Waals surface area contributed by atoms with Crippen LogP contribution < -0.4 is 0 Å². The Labute approximate surface area is 144 Å². The number of nitrogens with zero attached hydrogens (tertiary/aromatic N) is 1. The number of nitriles is 1. The van der Waals surface area contributed by atoms with Gasteiger partial charge >= 0.3 is 0 Å². The van der Waals surface area contributed by atoms with Crippen molar-refractivity contribution in [2.24, 2.45) is 0 Å². The molecule has 2 nitrogen and oxygen atoms in total. The lowest BCUT2D eigenvalue weighted by molar-refractivity contribution is 0.572. The summed E-state index contributed by atoms with van der Waals surface area (Å²) in [5, 5.41) is 10.6. The summed E-state index contributed by atoms with van der Waals surface area (Å²) in [5.74, 6) is 1.30. The first-order valence-corrected chi connectivity index (χ1v) is 7.65. The maximum absolute atomic E-state index is 9.36. The van der Waals surface area contributed by atoms with E-state index in [4.69, 9.17) is 27.6 Å². The van der Waals surface area contributed by atoms with Crippen molar-refractivity contribution in [2.75, 3.05) is 0 Å². The number of furan rings is 1. The summed E-state index contributed by atoms with van der Waals surface area (Å²) in [4.78, 5) is 0. The van der Waals surface area contributed by atoms with Gasteiger partial charge in [0, 0.05) is 15.6 Å². The minimum absolute atomic E-state index is 0.508. The highest BCUT2D eigenvalue weighted by atomic mass is 35.5. The van der Waals surface area contributed by atoms with Gasteiger partial charge in [0.25, 0.3) is 0 Å². The fraction of sp³-hybridized carbons (Fsp3) is 0. The smallest absolute Gasteiger partial charge is 0.134 e. The zero-order chi connectivity index (χ0) is 16.2. The van der Waals surface area contributed by atoms with Crippen LogP contribution in [0.3, 0.4) is 0 Å². The average molecular weight is 340 g/mol. The molecule has 0 aliphatic heterocycles. The van der Waals surface area contributed by atoms with E-state index in [1.165, 1.54) is 0 Å². The highest BCUT2D eigenvalue weighted by Crippen LogP contribution is 2.27. The molecule has 0 atom stereocenters. The summed E-state index contributed by atoms with van der Waals surface area (Å²) in [6.45, 7) is 0. The van der Waals surface area contributed by atoms with Crippen molar-refractivity contribution >= 4 is 34.9 Å². The molecule has 112 valence electrons. The summed E-state index contributed by atoms with van der Waals surface area (Å²) in [6.07, 6.45) is 1.71. The molecule has 1 heterocycles. The molecule has 0 bridgehead atoms. The minimum atomic E-state index is 0.508. The molecule has 23 heavy (non-hydrogen) atoms. The van der Waals surface area contributed by atoms with E-state index in [0.717, 1.165) is 11.1 Å². The number of hydrogen-bond donors (Lipinski definition) is 0. The van der Waals surface area contributed by atoms with Crippen molar-refractivity contribution in [3.63, 3.8) is 0 Å². The van der Waals surface area contributed by atoms with Crippen LogP contribution in [-0.4, -0.2) is 0 Å². The third-order valence-corrected chi connectivity index (χ3v) is 3.79. The van der Waals surface area contributed by atoms with E-state index in [-0.39, 0.29) is 0 Å². The van der Waals surface area contributed by atoms with Gasteiger partial charge in [-0.1, -0.05) is 47.5 Å². The molecular formula is C19H11Cl2NO. The van der Waals surface area contributed by atoms with Gasteiger partial charge in [-0.05, 0) is 48.0 Å². The average Bonchev–Trinajstić information content (AvgIpc) is 3.02. The summed E-state index contributed by atoms with van der Waals surface area (Å²) < 4.78 is 5.79. The third kappa shape index (κ3) is 3.65. The zero-order valence-corrected chi connectivity index (χ0v) is 13.5. The molecule has 0 N–H and O–H groups in total. The van der Waals surface area contributed by atoms with Crippen LogP contribution in [0.5, 0.6) is 0 Å². The van der Waals surface area contributed by atoms with Crippen LogP contribution in [0.1, 0.15) is 11.3 Å². The fourth-order valence-corrected chi connectivity index (χ4v) is 2.50. The largest absolute Gasteiger partial charge is 0.457 e. The van der Waals surface area contributed by atoms with Crippen LogP contribution in [0.15, 0.2) is 65.1 Å². The van der Waals surface area contributed by atoms with Gasteiger partial charge in [0.15, 0.2) is 0 Å². The highest BCUT2D eigenvalue weighted by molar-refractivity contribution is 6.31. The van der Waals surface area contributed by atoms with Crippen molar-refractivity contribution in [2.45, 2.75) is 0 Å². The Hall–Kier alpha value is -2.47. The van der Waals surface area contributed by atoms with Crippen molar-refractivity contribution in [1.29, 1.82) is 5.26 Å². The molecule has 2 aromatic carbocycles. The molecule has 0 aliphatic carbocycles. The lowest BCUT2D eigenvalue weighted by Gasteiger charge is -1.99. The van der Waals surface area contributed by atoms with Crippen LogP contribution >= 0.6 is 23.2 Å². The molecule has 0 aliphatic rings. The molecular weight excluding hydrogens is 329 g/mol. The maximum atomic E-state index is 9.36. The summed E-state index contributed by atoms with van der Waals surface area (Å²) in [6, 6.07) is 20.4. The SMILES string of the molecule is N#C/C(=C/c1ccc(-c2cccc(Cl)c2)o1)c1ccc(Cl)cc1. The third-order valence-electron chi connectivity index (χ3n) is 3.30. The van der Waals surface area contributed by atoms with Crippen LogP contribution in [0.25, 0.3) is 23.0 Å². The lowest BCUT2D eigenvalue weighted by Crippen LogP contribution is -1.80. The predicted octanol–water partition coefficient (Wildman–Crippen LogP) is 6.32. The molecule has 0 unspecified atom stereocenters. The monoisotopic (exact) mass is 339 g/mol. The number of hydrogen-bond acceptors (Lipinski definition) is 2. The van der Waals surface area contributed by atoms with Crippen LogP contribution in [-0.2, 0) is 0 Å². The second kappa shape index (κ2) is 6.75. The molecule has 0 saturated heterocycles. The van der Waals surface area contributed by atoms with Crippen molar-refractivity contribution in [1.82, 2.24) is 0 Å². The van der Waals surface area contributed by atoms with E-state index < -0.39 is 0 Å². The standard InChI is InChI=1S/C19H11Cl2NO/c20-16-6-4-13(5-7-16)15(12-22)11-18-8-9-19(23-18)14-2-1-3-17(21)10-14/h1-11H/b15-11-. The van der Waals surface area contributed by atoms with Crippen LogP contribution in [0.4, 0.5) is 0 Å². The number of halogens is 2. The van der Waals surface area contributed by atoms with Crippen LogP contribution in [0.2, 0.25) is 10.0 Å². The van der Waals surface area contributed by atoms with E-state index in [1.807, 2.05) is 36.4 Å². The van der Waals surface area contributed by atoms with E-state index in [1.54, 1.807) is 30.3 Å². The van der Waals surface area contributed by atoms with Gasteiger partial charge in [-0.2, -0.15) is 5.26 Å². The summed E-state index contributed by atoms with van der Waals surface area (Å²) >= 11 is 11.9. The van der Waals surface area contributed by atoms with Crippen LogP contribution in [0, 0.1) is 11.3 Å². The Morgan fingerprint density at radius 2 is 1.74 bits per heavy atom. The lowest BCUT2D eigenvalue weighted by atomic mass is 10.1. The Balaban J connectivity index is 1.93. The van der Waals surface area contributed by atoms with Crippen molar-refractivity contribution in [3.05, 3.63) is 82.0 Å². The van der Waals surface area contributed by atoms with Gasteiger partial charge in [-0.15, -0.1) is 0 Å². The quantitative estimate of drug-likeness (QED) is 0.523. The Kier molecular flexibility index (Phi) is 4.52. The van der Waals surface area contributed by atoms with E-state index in [0.29, 0.717) is 27.1 Å². The van der Waals surface area contributed by atoms with E-state index >= 15 is 0 Å². The molecule has 0 radical (unpaired) electrons. The van der Waals surface area contributed by atoms with Gasteiger partial charge in [-0.3, -0.25) is 0 Å². The predicted molar refractivity (Wildman–Crippen MR) is 94.1 cm³/mol. The van der Waals surface area contributed by atoms with E-state index in [9.17, 15) is 5.26 Å². The molecule has 0 spiro atoms. The Bertz CT molecular complexity index is 902. The number of benzene rings is 2. The molecule has 0 fully saturated rings. The normalized spacial score (nSPS) is 11.3. The summed E-state index contributed by atoms with van der Waals surface area (Å²) in [7, 11) is 0. The fourth-order valence-electron chi connectivity index (χ4n) is 2.18. The maximum Gasteiger partial charge on any atom is 0.134 e. The van der Waals surface area contributed by atoms with Crippen molar-refractivity contribution < 1.29 is 4.42 Å². The van der Waals surface area contributed by atoms with Gasteiger partial charge < -0.3 is 4.42 Å². The van der Waals surface area contributed by atoms with Gasteiger partial charge in [0.2, 0.25) is 0 Å². The van der Waals surface area contributed by atoms with Crippen molar-refractivity contribution in [3.8, 4) is 17.4 Å². The molecule has 0 amide bonds. The van der Waals surface area contributed by atoms with Gasteiger partial charge in [-0.25, -0.2) is 0 Å². The molecule has 0 saturated carbocycles. The molecule has 4 heteroatoms. The minimum Gasteiger partial charge on any atom is -0.457 e. The zero-order valence-electron chi connectivity index (χ0n) is 12.0. The molecule has 1 aromatic heterocycles. The molecule has 3 aromatic rings. The number of rotatable bonds is 3. The number of allylic oxidation sites excluding steroid dienone is 1. The first kappa shape index (κ1) is 15.4. The first-order valence-electron chi connectivity index (χ1n) is 6.89. The Morgan fingerprint density at radius 3 is 2.43 bits per heavy atom. The second-order valence-electron chi connectivity index (χ2n) is 4.89. The topological polar surface area (TPSA) is 36.9 Å². The highest BCUT2D eigenvalue weighted by Gasteiger charge is 2.06.